The quantitative estimate of drug-likeness (QED) is 0.172. The standard InChI is InChI=1S/C12H10NO2.3C4H9.Sn/c1-2-15-12(14)8-7-10-3-5-11(9-13)6-4-10;3*1-3-4-2;/h3-6,8H,2H2,1H3;3*1,3-4H2,2H3;. The number of unbranched alkanes of at least 4 members (excludes halogenated alkanes) is 3. The van der Waals surface area contributed by atoms with Crippen molar-refractivity contribution in [3.05, 3.63) is 41.5 Å². The number of benzene rings is 1. The summed E-state index contributed by atoms with van der Waals surface area (Å²) in [7, 11) is 0. The number of carbonyl (C=O) groups excluding carboxylic acids is 1. The van der Waals surface area contributed by atoms with Gasteiger partial charge in [-0.2, -0.15) is 0 Å². The van der Waals surface area contributed by atoms with E-state index in [-0.39, 0.29) is 5.97 Å². The van der Waals surface area contributed by atoms with E-state index < -0.39 is 18.4 Å². The Morgan fingerprint density at radius 1 is 0.964 bits per heavy atom. The van der Waals surface area contributed by atoms with Crippen LogP contribution in [0.25, 0.3) is 3.59 Å². The molecule has 0 N–H and O–H groups in total. The molecule has 4 heteroatoms. The van der Waals surface area contributed by atoms with E-state index in [1.165, 1.54) is 55.4 Å². The van der Waals surface area contributed by atoms with Crippen molar-refractivity contribution >= 4 is 27.9 Å². The summed E-state index contributed by atoms with van der Waals surface area (Å²) in [6, 6.07) is 10.0. The summed E-state index contributed by atoms with van der Waals surface area (Å²) < 4.78 is 10.5. The van der Waals surface area contributed by atoms with Gasteiger partial charge < -0.3 is 0 Å². The molecule has 0 aliphatic rings. The van der Waals surface area contributed by atoms with Crippen molar-refractivity contribution in [2.24, 2.45) is 0 Å². The van der Waals surface area contributed by atoms with Gasteiger partial charge in [0.15, 0.2) is 0 Å². The van der Waals surface area contributed by atoms with E-state index in [4.69, 9.17) is 10.00 Å². The fourth-order valence-electron chi connectivity index (χ4n) is 3.89. The first-order chi connectivity index (χ1) is 13.6. The Morgan fingerprint density at radius 3 is 1.86 bits per heavy atom. The topological polar surface area (TPSA) is 50.1 Å². The van der Waals surface area contributed by atoms with Crippen molar-refractivity contribution in [2.45, 2.75) is 79.5 Å². The van der Waals surface area contributed by atoms with Crippen LogP contribution in [0.2, 0.25) is 13.3 Å². The molecule has 0 fully saturated rings. The van der Waals surface area contributed by atoms with Gasteiger partial charge in [-0.05, 0) is 0 Å². The third-order valence-corrected chi connectivity index (χ3v) is 21.2. The van der Waals surface area contributed by atoms with Crippen LogP contribution in [0.15, 0.2) is 30.3 Å². The van der Waals surface area contributed by atoms with Gasteiger partial charge in [0.05, 0.1) is 0 Å². The number of nitriles is 1. The predicted octanol–water partition coefficient (Wildman–Crippen LogP) is 6.89. The van der Waals surface area contributed by atoms with Crippen molar-refractivity contribution in [1.29, 1.82) is 5.26 Å². The summed E-state index contributed by atoms with van der Waals surface area (Å²) in [6.45, 7) is 9.03. The van der Waals surface area contributed by atoms with E-state index in [0.717, 1.165) is 5.56 Å². The van der Waals surface area contributed by atoms with Gasteiger partial charge in [0.2, 0.25) is 0 Å². The molecule has 0 atom stereocenters. The first kappa shape index (κ1) is 24.8. The molecule has 0 radical (unpaired) electrons. The molecule has 0 amide bonds. The van der Waals surface area contributed by atoms with Crippen molar-refractivity contribution in [2.75, 3.05) is 6.61 Å². The second-order valence-corrected chi connectivity index (χ2v) is 20.7. The van der Waals surface area contributed by atoms with Crippen LogP contribution in [-0.2, 0) is 9.53 Å². The zero-order valence-electron chi connectivity index (χ0n) is 18.2. The van der Waals surface area contributed by atoms with Gasteiger partial charge in [-0.25, -0.2) is 0 Å². The normalized spacial score (nSPS) is 11.9. The molecule has 0 saturated heterocycles. The van der Waals surface area contributed by atoms with Crippen LogP contribution in [-0.4, -0.2) is 31.0 Å². The molecule has 0 aliphatic carbocycles. The van der Waals surface area contributed by atoms with Crippen LogP contribution in [0.5, 0.6) is 0 Å². The molecular weight excluding hydrogens is 453 g/mol. The van der Waals surface area contributed by atoms with Gasteiger partial charge in [-0.3, -0.25) is 0 Å². The van der Waals surface area contributed by atoms with Crippen LogP contribution in [0.1, 0.15) is 77.3 Å². The molecule has 1 aromatic rings. The Hall–Kier alpha value is -1.28. The zero-order valence-corrected chi connectivity index (χ0v) is 21.1. The van der Waals surface area contributed by atoms with Gasteiger partial charge in [0, 0.05) is 0 Å². The van der Waals surface area contributed by atoms with Crippen molar-refractivity contribution < 1.29 is 9.53 Å². The van der Waals surface area contributed by atoms with Gasteiger partial charge in [-0.15, -0.1) is 0 Å². The first-order valence-corrected chi connectivity index (χ1v) is 18.4. The summed E-state index contributed by atoms with van der Waals surface area (Å²) in [5, 5.41) is 9.17. The monoisotopic (exact) mass is 491 g/mol. The number of nitrogens with zero attached hydrogens (tertiary/aromatic N) is 1. The van der Waals surface area contributed by atoms with E-state index in [1.807, 2.05) is 37.3 Å². The van der Waals surface area contributed by atoms with Gasteiger partial charge in [-0.1, -0.05) is 0 Å². The summed E-state index contributed by atoms with van der Waals surface area (Å²) in [5.74, 6) is -0.215. The molecule has 154 valence electrons. The molecule has 28 heavy (non-hydrogen) atoms. The maximum absolute atomic E-state index is 12.5. The van der Waals surface area contributed by atoms with Crippen molar-refractivity contribution in [1.82, 2.24) is 0 Å². The Bertz CT molecular complexity index is 636. The molecule has 0 bridgehead atoms. The average molecular weight is 490 g/mol. The molecule has 0 saturated carbocycles. The Kier molecular flexibility index (Phi) is 12.2. The molecule has 0 heterocycles. The SMILES string of the molecule is CCC[CH2][Sn]([CH2]CCC)([CH2]CCC)/[C](=C\C(=O)OCC)c1ccc(C#N)cc1. The summed E-state index contributed by atoms with van der Waals surface area (Å²) in [4.78, 5) is 12.5. The number of ether oxygens (including phenoxy) is 1. The van der Waals surface area contributed by atoms with Crippen LogP contribution in [0.3, 0.4) is 0 Å². The van der Waals surface area contributed by atoms with Crippen LogP contribution in [0.4, 0.5) is 0 Å². The van der Waals surface area contributed by atoms with E-state index in [9.17, 15) is 4.79 Å². The Balaban J connectivity index is 3.51. The summed E-state index contributed by atoms with van der Waals surface area (Å²) in [6.07, 6.45) is 9.10. The average Bonchev–Trinajstić information content (AvgIpc) is 2.72. The summed E-state index contributed by atoms with van der Waals surface area (Å²) in [5.41, 5.74) is 1.79. The first-order valence-electron chi connectivity index (χ1n) is 11.0. The second-order valence-electron chi connectivity index (χ2n) is 7.59. The van der Waals surface area contributed by atoms with E-state index in [1.54, 1.807) is 0 Å². The molecule has 1 aromatic carbocycles. The molecule has 0 aliphatic heterocycles. The van der Waals surface area contributed by atoms with E-state index >= 15 is 0 Å². The number of esters is 1. The molecular formula is C24H37NO2Sn. The van der Waals surface area contributed by atoms with Gasteiger partial charge in [0.25, 0.3) is 0 Å². The minimum absolute atomic E-state index is 0.215. The molecule has 0 spiro atoms. The Morgan fingerprint density at radius 2 is 1.46 bits per heavy atom. The number of hydrogen-bond donors (Lipinski definition) is 0. The summed E-state index contributed by atoms with van der Waals surface area (Å²) >= 11 is -2.82. The zero-order chi connectivity index (χ0) is 20.8. The Labute approximate surface area is 176 Å². The van der Waals surface area contributed by atoms with E-state index in [2.05, 4.69) is 26.8 Å². The molecule has 0 aromatic heterocycles. The third kappa shape index (κ3) is 7.62. The molecule has 3 nitrogen and oxygen atoms in total. The predicted molar refractivity (Wildman–Crippen MR) is 121 cm³/mol. The third-order valence-electron chi connectivity index (χ3n) is 5.47. The van der Waals surface area contributed by atoms with Gasteiger partial charge >= 0.3 is 176 Å². The molecule has 1 rings (SSSR count). The van der Waals surface area contributed by atoms with Gasteiger partial charge in [0.1, 0.15) is 0 Å². The van der Waals surface area contributed by atoms with Crippen LogP contribution in [0, 0.1) is 11.3 Å². The maximum atomic E-state index is 12.5. The number of carbonyl (C=O) groups is 1. The minimum atomic E-state index is -2.82. The number of rotatable bonds is 13. The van der Waals surface area contributed by atoms with Crippen molar-refractivity contribution in [3.63, 3.8) is 0 Å². The van der Waals surface area contributed by atoms with Crippen molar-refractivity contribution in [3.8, 4) is 6.07 Å². The van der Waals surface area contributed by atoms with Crippen LogP contribution >= 0.6 is 0 Å². The van der Waals surface area contributed by atoms with Crippen LogP contribution < -0.4 is 0 Å². The fourth-order valence-corrected chi connectivity index (χ4v) is 20.6. The fraction of sp³-hybridized carbons (Fsp3) is 0.583. The second kappa shape index (κ2) is 13.8. The molecule has 0 unspecified atom stereocenters. The number of hydrogen-bond acceptors (Lipinski definition) is 3. The van der Waals surface area contributed by atoms with E-state index in [0.29, 0.717) is 12.2 Å².